The van der Waals surface area contributed by atoms with Crippen molar-refractivity contribution in [1.82, 2.24) is 15.1 Å². The Bertz CT molecular complexity index is 425. The summed E-state index contributed by atoms with van der Waals surface area (Å²) in [6.45, 7) is 7.10. The van der Waals surface area contributed by atoms with Gasteiger partial charge in [0.25, 0.3) is 0 Å². The van der Waals surface area contributed by atoms with Crippen LogP contribution in [0.5, 0.6) is 0 Å². The molecule has 2 N–H and O–H groups in total. The minimum absolute atomic E-state index is 0.153. The number of carbonyl (C=O) groups excluding carboxylic acids is 2. The van der Waals surface area contributed by atoms with E-state index in [1.54, 1.807) is 4.90 Å². The Morgan fingerprint density at radius 1 is 1.32 bits per heavy atom. The molecule has 1 fully saturated rings. The molecule has 0 aromatic heterocycles. The normalized spacial score (nSPS) is 19.7. The van der Waals surface area contributed by atoms with E-state index in [0.717, 1.165) is 6.42 Å². The average molecular weight is 313 g/mol. The van der Waals surface area contributed by atoms with Crippen molar-refractivity contribution >= 4 is 17.9 Å². The summed E-state index contributed by atoms with van der Waals surface area (Å²) in [4.78, 5) is 38.3. The quantitative estimate of drug-likeness (QED) is 0.792. The molecule has 0 aromatic carbocycles. The van der Waals surface area contributed by atoms with Gasteiger partial charge in [0, 0.05) is 26.7 Å². The van der Waals surface area contributed by atoms with Gasteiger partial charge in [-0.15, -0.1) is 0 Å². The number of hydrogen-bond acceptors (Lipinski definition) is 3. The Hall–Kier alpha value is -1.79. The van der Waals surface area contributed by atoms with Crippen LogP contribution in [-0.2, 0) is 9.59 Å². The van der Waals surface area contributed by atoms with Gasteiger partial charge in [0.1, 0.15) is 6.04 Å². The van der Waals surface area contributed by atoms with Crippen molar-refractivity contribution in [3.63, 3.8) is 0 Å². The van der Waals surface area contributed by atoms with Crippen LogP contribution in [0.25, 0.3) is 0 Å². The highest BCUT2D eigenvalue weighted by atomic mass is 16.4. The Morgan fingerprint density at radius 2 is 1.95 bits per heavy atom. The molecule has 1 heterocycles. The van der Waals surface area contributed by atoms with Gasteiger partial charge in [0.15, 0.2) is 0 Å². The summed E-state index contributed by atoms with van der Waals surface area (Å²) in [5.74, 6) is -1.20. The van der Waals surface area contributed by atoms with Gasteiger partial charge < -0.3 is 20.2 Å². The number of amides is 3. The summed E-state index contributed by atoms with van der Waals surface area (Å²) in [6, 6.07) is -1.02. The first kappa shape index (κ1) is 18.3. The zero-order chi connectivity index (χ0) is 16.9. The molecule has 7 nitrogen and oxygen atoms in total. The standard InChI is InChI=1S/C15H27N3O4/c1-10(2)8-16-15(22)18-7-5-6-12(9-18)13(19)17(4)11(3)14(20)21/h10-12H,5-9H2,1-4H3,(H,16,22)(H,20,21). The molecule has 7 heteroatoms. The molecule has 0 bridgehead atoms. The van der Waals surface area contributed by atoms with Crippen molar-refractivity contribution in [2.24, 2.45) is 11.8 Å². The first-order valence-electron chi connectivity index (χ1n) is 7.76. The molecular weight excluding hydrogens is 286 g/mol. The monoisotopic (exact) mass is 313 g/mol. The average Bonchev–Trinajstić information content (AvgIpc) is 2.50. The number of hydrogen-bond donors (Lipinski definition) is 2. The molecule has 126 valence electrons. The van der Waals surface area contributed by atoms with Gasteiger partial charge in [-0.25, -0.2) is 9.59 Å². The van der Waals surface area contributed by atoms with E-state index in [1.807, 2.05) is 13.8 Å². The van der Waals surface area contributed by atoms with E-state index in [0.29, 0.717) is 32.0 Å². The number of piperidine rings is 1. The maximum atomic E-state index is 12.4. The highest BCUT2D eigenvalue weighted by molar-refractivity contribution is 5.85. The van der Waals surface area contributed by atoms with Crippen LogP contribution in [0.4, 0.5) is 4.79 Å². The van der Waals surface area contributed by atoms with E-state index in [1.165, 1.54) is 18.9 Å². The zero-order valence-electron chi connectivity index (χ0n) is 13.8. The first-order valence-corrected chi connectivity index (χ1v) is 7.76. The molecule has 0 saturated carbocycles. The number of nitrogens with one attached hydrogen (secondary N) is 1. The van der Waals surface area contributed by atoms with Crippen LogP contribution >= 0.6 is 0 Å². The van der Waals surface area contributed by atoms with E-state index in [-0.39, 0.29) is 17.9 Å². The molecule has 2 unspecified atom stereocenters. The summed E-state index contributed by atoms with van der Waals surface area (Å²) in [6.07, 6.45) is 1.43. The number of rotatable bonds is 5. The molecule has 3 amide bonds. The van der Waals surface area contributed by atoms with Gasteiger partial charge in [-0.2, -0.15) is 0 Å². The van der Waals surface area contributed by atoms with Crippen LogP contribution in [0.15, 0.2) is 0 Å². The Labute approximate surface area is 131 Å². The number of carbonyl (C=O) groups is 3. The number of nitrogens with zero attached hydrogens (tertiary/aromatic N) is 2. The number of urea groups is 1. The third-order valence-electron chi connectivity index (χ3n) is 4.01. The fourth-order valence-electron chi connectivity index (χ4n) is 2.41. The molecule has 0 radical (unpaired) electrons. The van der Waals surface area contributed by atoms with Crippen LogP contribution in [0, 0.1) is 11.8 Å². The molecule has 2 atom stereocenters. The molecule has 1 rings (SSSR count). The fraction of sp³-hybridized carbons (Fsp3) is 0.800. The van der Waals surface area contributed by atoms with Crippen LogP contribution in [-0.4, -0.2) is 65.5 Å². The van der Waals surface area contributed by atoms with Gasteiger partial charge in [-0.1, -0.05) is 13.8 Å². The number of aliphatic carboxylic acids is 1. The lowest BCUT2D eigenvalue weighted by Gasteiger charge is -2.35. The Balaban J connectivity index is 2.60. The lowest BCUT2D eigenvalue weighted by Crippen LogP contribution is -2.51. The topological polar surface area (TPSA) is 90.0 Å². The van der Waals surface area contributed by atoms with Gasteiger partial charge in [0.05, 0.1) is 5.92 Å². The third kappa shape index (κ3) is 4.89. The zero-order valence-corrected chi connectivity index (χ0v) is 13.8. The van der Waals surface area contributed by atoms with E-state index in [2.05, 4.69) is 5.32 Å². The summed E-state index contributed by atoms with van der Waals surface area (Å²) < 4.78 is 0. The Kier molecular flexibility index (Phi) is 6.64. The highest BCUT2D eigenvalue weighted by Crippen LogP contribution is 2.19. The maximum Gasteiger partial charge on any atom is 0.326 e. The van der Waals surface area contributed by atoms with Crippen LogP contribution < -0.4 is 5.32 Å². The molecule has 1 aliphatic heterocycles. The van der Waals surface area contributed by atoms with E-state index in [9.17, 15) is 14.4 Å². The van der Waals surface area contributed by atoms with Gasteiger partial charge in [0.2, 0.25) is 5.91 Å². The number of carboxylic acid groups (broad SMARTS) is 1. The molecule has 22 heavy (non-hydrogen) atoms. The number of carboxylic acids is 1. The second kappa shape index (κ2) is 8.00. The lowest BCUT2D eigenvalue weighted by molar-refractivity contribution is -0.150. The van der Waals surface area contributed by atoms with Gasteiger partial charge in [-0.3, -0.25) is 4.79 Å². The summed E-state index contributed by atoms with van der Waals surface area (Å²) in [5.41, 5.74) is 0. The van der Waals surface area contributed by atoms with Gasteiger partial charge in [-0.05, 0) is 25.7 Å². The predicted octanol–water partition coefficient (Wildman–Crippen LogP) is 0.996. The molecule has 0 spiro atoms. The van der Waals surface area contributed by atoms with Crippen molar-refractivity contribution in [2.45, 2.75) is 39.7 Å². The van der Waals surface area contributed by atoms with Crippen molar-refractivity contribution in [3.8, 4) is 0 Å². The lowest BCUT2D eigenvalue weighted by atomic mass is 9.96. The predicted molar refractivity (Wildman–Crippen MR) is 82.4 cm³/mol. The molecule has 1 aliphatic rings. The smallest absolute Gasteiger partial charge is 0.326 e. The van der Waals surface area contributed by atoms with Crippen LogP contribution in [0.2, 0.25) is 0 Å². The molecular formula is C15H27N3O4. The highest BCUT2D eigenvalue weighted by Gasteiger charge is 2.32. The fourth-order valence-corrected chi connectivity index (χ4v) is 2.41. The largest absolute Gasteiger partial charge is 0.480 e. The minimum Gasteiger partial charge on any atom is -0.480 e. The van der Waals surface area contributed by atoms with Crippen molar-refractivity contribution in [1.29, 1.82) is 0 Å². The maximum absolute atomic E-state index is 12.4. The first-order chi connectivity index (χ1) is 10.2. The number of likely N-dealkylation sites (tertiary alicyclic amines) is 1. The van der Waals surface area contributed by atoms with E-state index in [4.69, 9.17) is 5.11 Å². The summed E-state index contributed by atoms with van der Waals surface area (Å²) >= 11 is 0. The van der Waals surface area contributed by atoms with Crippen molar-refractivity contribution in [3.05, 3.63) is 0 Å². The third-order valence-corrected chi connectivity index (χ3v) is 4.01. The van der Waals surface area contributed by atoms with Crippen molar-refractivity contribution < 1.29 is 19.5 Å². The van der Waals surface area contributed by atoms with E-state index < -0.39 is 12.0 Å². The number of likely N-dealkylation sites (N-methyl/N-ethyl adjacent to an activating group) is 1. The van der Waals surface area contributed by atoms with Gasteiger partial charge >= 0.3 is 12.0 Å². The minimum atomic E-state index is -1.03. The molecule has 0 aliphatic carbocycles. The van der Waals surface area contributed by atoms with Crippen LogP contribution in [0.1, 0.15) is 33.6 Å². The second-order valence-electron chi connectivity index (χ2n) is 6.33. The molecule has 1 saturated heterocycles. The Morgan fingerprint density at radius 3 is 2.50 bits per heavy atom. The van der Waals surface area contributed by atoms with Crippen molar-refractivity contribution in [2.75, 3.05) is 26.7 Å². The summed E-state index contributed by atoms with van der Waals surface area (Å²) in [5, 5.41) is 11.8. The SMILES string of the molecule is CC(C)CNC(=O)N1CCCC(C(=O)N(C)C(C)C(=O)O)C1. The summed E-state index contributed by atoms with van der Waals surface area (Å²) in [7, 11) is 1.50. The second-order valence-corrected chi connectivity index (χ2v) is 6.33. The molecule has 0 aromatic rings. The van der Waals surface area contributed by atoms with Crippen LogP contribution in [0.3, 0.4) is 0 Å². The van der Waals surface area contributed by atoms with E-state index >= 15 is 0 Å².